The maximum atomic E-state index is 10.4. The van der Waals surface area contributed by atoms with Crippen LogP contribution < -0.4 is 0 Å². The maximum absolute atomic E-state index is 10.4. The van der Waals surface area contributed by atoms with Crippen molar-refractivity contribution in [2.24, 2.45) is 0 Å². The minimum atomic E-state index is 0.634. The van der Waals surface area contributed by atoms with Crippen molar-refractivity contribution >= 4 is 6.29 Å². The van der Waals surface area contributed by atoms with Gasteiger partial charge in [-0.3, -0.25) is 9.78 Å². The van der Waals surface area contributed by atoms with Gasteiger partial charge in [-0.05, 0) is 25.0 Å². The SMILES string of the molecule is O=Cc1ccnc(C2CC2)c1. The second-order valence-corrected chi connectivity index (χ2v) is 2.91. The third-order valence-electron chi connectivity index (χ3n) is 1.94. The summed E-state index contributed by atoms with van der Waals surface area (Å²) in [5, 5.41) is 0. The Labute approximate surface area is 65.3 Å². The van der Waals surface area contributed by atoms with E-state index < -0.39 is 0 Å². The van der Waals surface area contributed by atoms with Gasteiger partial charge in [-0.15, -0.1) is 0 Å². The van der Waals surface area contributed by atoms with Gasteiger partial charge < -0.3 is 0 Å². The second kappa shape index (κ2) is 2.46. The lowest BCUT2D eigenvalue weighted by Gasteiger charge is -1.95. The Balaban J connectivity index is 2.33. The second-order valence-electron chi connectivity index (χ2n) is 2.91. The number of carbonyl (C=O) groups is 1. The highest BCUT2D eigenvalue weighted by atomic mass is 16.1. The third-order valence-corrected chi connectivity index (χ3v) is 1.94. The summed E-state index contributed by atoms with van der Waals surface area (Å²) in [6.07, 6.45) is 5.04. The number of rotatable bonds is 2. The molecule has 11 heavy (non-hydrogen) atoms. The quantitative estimate of drug-likeness (QED) is 0.597. The molecule has 0 unspecified atom stereocenters. The molecule has 1 aliphatic carbocycles. The van der Waals surface area contributed by atoms with Crippen LogP contribution in [0, 0.1) is 0 Å². The zero-order valence-corrected chi connectivity index (χ0v) is 6.16. The summed E-state index contributed by atoms with van der Waals surface area (Å²) in [5.74, 6) is 0.634. The minimum Gasteiger partial charge on any atom is -0.298 e. The average molecular weight is 147 g/mol. The molecule has 1 aliphatic rings. The van der Waals surface area contributed by atoms with Gasteiger partial charge in [0.15, 0.2) is 0 Å². The molecule has 1 heterocycles. The summed E-state index contributed by atoms with van der Waals surface area (Å²) in [6.45, 7) is 0. The largest absolute Gasteiger partial charge is 0.298 e. The Morgan fingerprint density at radius 1 is 1.55 bits per heavy atom. The lowest BCUT2D eigenvalue weighted by molar-refractivity contribution is 0.112. The van der Waals surface area contributed by atoms with Gasteiger partial charge in [-0.1, -0.05) is 0 Å². The van der Waals surface area contributed by atoms with E-state index in [-0.39, 0.29) is 0 Å². The Hall–Kier alpha value is -1.18. The maximum Gasteiger partial charge on any atom is 0.150 e. The van der Waals surface area contributed by atoms with Crippen molar-refractivity contribution < 1.29 is 4.79 Å². The third kappa shape index (κ3) is 1.29. The molecule has 1 saturated carbocycles. The van der Waals surface area contributed by atoms with Crippen LogP contribution in [0.1, 0.15) is 34.8 Å². The van der Waals surface area contributed by atoms with Crippen molar-refractivity contribution in [3.8, 4) is 0 Å². The highest BCUT2D eigenvalue weighted by Crippen LogP contribution is 2.38. The first-order valence-electron chi connectivity index (χ1n) is 3.81. The van der Waals surface area contributed by atoms with Crippen LogP contribution in [0.3, 0.4) is 0 Å². The van der Waals surface area contributed by atoms with Crippen molar-refractivity contribution in [3.05, 3.63) is 29.6 Å². The standard InChI is InChI=1S/C9H9NO/c11-6-7-3-4-10-9(5-7)8-1-2-8/h3-6,8H,1-2H2. The highest BCUT2D eigenvalue weighted by Gasteiger charge is 2.24. The van der Waals surface area contributed by atoms with Gasteiger partial charge in [0.2, 0.25) is 0 Å². The van der Waals surface area contributed by atoms with E-state index >= 15 is 0 Å². The predicted molar refractivity (Wildman–Crippen MR) is 41.6 cm³/mol. The van der Waals surface area contributed by atoms with Gasteiger partial charge in [-0.2, -0.15) is 0 Å². The molecule has 0 spiro atoms. The first-order chi connectivity index (χ1) is 5.40. The number of aromatic nitrogens is 1. The predicted octanol–water partition coefficient (Wildman–Crippen LogP) is 1.77. The van der Waals surface area contributed by atoms with E-state index in [1.807, 2.05) is 6.07 Å². The van der Waals surface area contributed by atoms with Gasteiger partial charge in [-0.25, -0.2) is 0 Å². The van der Waals surface area contributed by atoms with E-state index in [0.29, 0.717) is 5.92 Å². The lowest BCUT2D eigenvalue weighted by atomic mass is 10.2. The number of pyridine rings is 1. The Kier molecular flexibility index (Phi) is 1.46. The van der Waals surface area contributed by atoms with Gasteiger partial charge in [0.05, 0.1) is 0 Å². The van der Waals surface area contributed by atoms with E-state index in [2.05, 4.69) is 4.98 Å². The molecule has 1 aromatic rings. The fourth-order valence-electron chi connectivity index (χ4n) is 1.14. The first-order valence-corrected chi connectivity index (χ1v) is 3.81. The fraction of sp³-hybridized carbons (Fsp3) is 0.333. The molecule has 0 aliphatic heterocycles. The zero-order chi connectivity index (χ0) is 7.68. The van der Waals surface area contributed by atoms with Gasteiger partial charge in [0.1, 0.15) is 6.29 Å². The topological polar surface area (TPSA) is 30.0 Å². The average Bonchev–Trinajstić information content (AvgIpc) is 2.87. The minimum absolute atomic E-state index is 0.634. The van der Waals surface area contributed by atoms with Crippen LogP contribution in [-0.2, 0) is 0 Å². The van der Waals surface area contributed by atoms with Crippen LogP contribution in [0.2, 0.25) is 0 Å². The smallest absolute Gasteiger partial charge is 0.150 e. The number of carbonyl (C=O) groups excluding carboxylic acids is 1. The normalized spacial score (nSPS) is 16.4. The van der Waals surface area contributed by atoms with Crippen LogP contribution in [0.25, 0.3) is 0 Å². The van der Waals surface area contributed by atoms with Crippen LogP contribution in [-0.4, -0.2) is 11.3 Å². The van der Waals surface area contributed by atoms with Crippen molar-refractivity contribution in [2.45, 2.75) is 18.8 Å². The molecule has 2 heteroatoms. The van der Waals surface area contributed by atoms with Crippen molar-refractivity contribution in [1.82, 2.24) is 4.98 Å². The molecule has 0 radical (unpaired) electrons. The van der Waals surface area contributed by atoms with E-state index in [1.165, 1.54) is 12.8 Å². The van der Waals surface area contributed by atoms with Crippen molar-refractivity contribution in [1.29, 1.82) is 0 Å². The molecule has 0 bridgehead atoms. The van der Waals surface area contributed by atoms with Crippen molar-refractivity contribution in [3.63, 3.8) is 0 Å². The van der Waals surface area contributed by atoms with E-state index in [1.54, 1.807) is 12.3 Å². The zero-order valence-electron chi connectivity index (χ0n) is 6.16. The summed E-state index contributed by atoms with van der Waals surface area (Å²) in [5.41, 5.74) is 1.82. The molecule has 2 nitrogen and oxygen atoms in total. The molecule has 1 aromatic heterocycles. The van der Waals surface area contributed by atoms with Gasteiger partial charge in [0, 0.05) is 23.4 Å². The van der Waals surface area contributed by atoms with Crippen LogP contribution in [0.5, 0.6) is 0 Å². The number of hydrogen-bond donors (Lipinski definition) is 0. The summed E-state index contributed by atoms with van der Waals surface area (Å²) in [6, 6.07) is 3.61. The van der Waals surface area contributed by atoms with Gasteiger partial charge in [0.25, 0.3) is 0 Å². The molecule has 0 saturated heterocycles. The molecule has 0 amide bonds. The monoisotopic (exact) mass is 147 g/mol. The van der Waals surface area contributed by atoms with Crippen LogP contribution in [0.15, 0.2) is 18.3 Å². The Bertz CT molecular complexity index is 279. The number of hydrogen-bond acceptors (Lipinski definition) is 2. The Morgan fingerprint density at radius 2 is 2.36 bits per heavy atom. The van der Waals surface area contributed by atoms with E-state index in [0.717, 1.165) is 17.5 Å². The summed E-state index contributed by atoms with van der Waals surface area (Å²) in [4.78, 5) is 14.6. The molecule has 0 aromatic carbocycles. The fourth-order valence-corrected chi connectivity index (χ4v) is 1.14. The number of aldehydes is 1. The lowest BCUT2D eigenvalue weighted by Crippen LogP contribution is -1.88. The summed E-state index contributed by atoms with van der Waals surface area (Å²) >= 11 is 0. The van der Waals surface area contributed by atoms with E-state index in [4.69, 9.17) is 0 Å². The molecular weight excluding hydrogens is 138 g/mol. The molecule has 56 valence electrons. The summed E-state index contributed by atoms with van der Waals surface area (Å²) in [7, 11) is 0. The number of nitrogens with zero attached hydrogens (tertiary/aromatic N) is 1. The van der Waals surface area contributed by atoms with E-state index in [9.17, 15) is 4.79 Å². The molecule has 0 N–H and O–H groups in total. The van der Waals surface area contributed by atoms with Crippen LogP contribution in [0.4, 0.5) is 0 Å². The van der Waals surface area contributed by atoms with Gasteiger partial charge >= 0.3 is 0 Å². The highest BCUT2D eigenvalue weighted by molar-refractivity contribution is 5.74. The van der Waals surface area contributed by atoms with Crippen molar-refractivity contribution in [2.75, 3.05) is 0 Å². The molecule has 2 rings (SSSR count). The molecular formula is C9H9NO. The Morgan fingerprint density at radius 3 is 3.00 bits per heavy atom. The summed E-state index contributed by atoms with van der Waals surface area (Å²) < 4.78 is 0. The molecule has 1 fully saturated rings. The molecule has 0 atom stereocenters. The van der Waals surface area contributed by atoms with Crippen LogP contribution >= 0.6 is 0 Å². The first kappa shape index (κ1) is 6.53.